The highest BCUT2D eigenvalue weighted by Gasteiger charge is 2.15. The van der Waals surface area contributed by atoms with Gasteiger partial charge < -0.3 is 10.5 Å². The molecule has 1 unspecified atom stereocenters. The molecule has 1 aromatic rings. The third-order valence-electron chi connectivity index (χ3n) is 2.14. The maximum Gasteiger partial charge on any atom is 0.320 e. The van der Waals surface area contributed by atoms with Crippen molar-refractivity contribution in [3.63, 3.8) is 0 Å². The summed E-state index contributed by atoms with van der Waals surface area (Å²) < 4.78 is 5.16. The Hall–Kier alpha value is -0.870. The lowest BCUT2D eigenvalue weighted by Gasteiger charge is -2.09. The molecule has 0 heterocycles. The summed E-state index contributed by atoms with van der Waals surface area (Å²) in [6.45, 7) is 0.915. The van der Waals surface area contributed by atoms with E-state index in [4.69, 9.17) is 10.5 Å². The molecule has 0 saturated carbocycles. The Labute approximate surface area is 104 Å². The monoisotopic (exact) mass is 285 g/mol. The van der Waals surface area contributed by atoms with E-state index in [0.717, 1.165) is 12.0 Å². The minimum Gasteiger partial charge on any atom is -0.460 e. The van der Waals surface area contributed by atoms with Crippen molar-refractivity contribution in [3.05, 3.63) is 35.9 Å². The molecule has 0 aromatic heterocycles. The molecule has 0 saturated heterocycles. The highest BCUT2D eigenvalue weighted by molar-refractivity contribution is 9.10. The van der Waals surface area contributed by atoms with E-state index in [1.165, 1.54) is 0 Å². The Morgan fingerprint density at radius 2 is 2.06 bits per heavy atom. The number of alkyl halides is 1. The first-order valence-corrected chi connectivity index (χ1v) is 6.20. The van der Waals surface area contributed by atoms with Crippen LogP contribution in [0.3, 0.4) is 0 Å². The Bertz CT molecular complexity index is 316. The molecule has 0 aliphatic carbocycles. The zero-order valence-electron chi connectivity index (χ0n) is 9.06. The number of hydrogen-bond donors (Lipinski definition) is 1. The molecule has 0 aliphatic heterocycles. The lowest BCUT2D eigenvalue weighted by molar-refractivity contribution is -0.144. The summed E-state index contributed by atoms with van der Waals surface area (Å²) in [5.74, 6) is -0.225. The molecule has 1 rings (SSSR count). The van der Waals surface area contributed by atoms with Gasteiger partial charge in [-0.15, -0.1) is 0 Å². The Balaban J connectivity index is 2.29. The van der Waals surface area contributed by atoms with E-state index in [2.05, 4.69) is 15.9 Å². The molecule has 1 atom stereocenters. The van der Waals surface area contributed by atoms with Crippen LogP contribution < -0.4 is 5.73 Å². The summed E-state index contributed by atoms with van der Waals surface area (Å²) in [5.41, 5.74) is 6.36. The fourth-order valence-corrected chi connectivity index (χ4v) is 1.69. The standard InChI is InChI=1S/C12H16BrNO2/c13-11(7-4-8-14)12(15)16-9-10-5-2-1-3-6-10/h1-3,5-6,11H,4,7-9,14H2. The molecule has 0 fully saturated rings. The molecule has 0 aliphatic rings. The molecule has 3 nitrogen and oxygen atoms in total. The summed E-state index contributed by atoms with van der Waals surface area (Å²) in [6.07, 6.45) is 1.53. The fourth-order valence-electron chi connectivity index (χ4n) is 1.23. The molecule has 0 amide bonds. The van der Waals surface area contributed by atoms with Crippen LogP contribution in [-0.4, -0.2) is 17.3 Å². The molecule has 88 valence electrons. The summed E-state index contributed by atoms with van der Waals surface area (Å²) in [7, 11) is 0. The number of benzene rings is 1. The fraction of sp³-hybridized carbons (Fsp3) is 0.417. The van der Waals surface area contributed by atoms with Crippen LogP contribution in [0.1, 0.15) is 18.4 Å². The Kier molecular flexibility index (Phi) is 6.11. The van der Waals surface area contributed by atoms with Crippen LogP contribution in [0.2, 0.25) is 0 Å². The number of nitrogens with two attached hydrogens (primary N) is 1. The molecule has 1 aromatic carbocycles. The van der Waals surface area contributed by atoms with Gasteiger partial charge in [0.1, 0.15) is 11.4 Å². The van der Waals surface area contributed by atoms with Gasteiger partial charge in [0.05, 0.1) is 0 Å². The van der Waals surface area contributed by atoms with Crippen molar-refractivity contribution in [3.8, 4) is 0 Å². The van der Waals surface area contributed by atoms with Gasteiger partial charge in [-0.2, -0.15) is 0 Å². The maximum atomic E-state index is 11.5. The Morgan fingerprint density at radius 1 is 1.38 bits per heavy atom. The van der Waals surface area contributed by atoms with E-state index in [9.17, 15) is 4.79 Å². The molecular weight excluding hydrogens is 270 g/mol. The van der Waals surface area contributed by atoms with Crippen molar-refractivity contribution in [2.75, 3.05) is 6.54 Å². The largest absolute Gasteiger partial charge is 0.460 e. The zero-order valence-corrected chi connectivity index (χ0v) is 10.7. The van der Waals surface area contributed by atoms with Crippen LogP contribution >= 0.6 is 15.9 Å². The minimum absolute atomic E-state index is 0.225. The average molecular weight is 286 g/mol. The lowest BCUT2D eigenvalue weighted by atomic mass is 10.2. The second-order valence-corrected chi connectivity index (χ2v) is 4.60. The van der Waals surface area contributed by atoms with Crippen LogP contribution in [0.5, 0.6) is 0 Å². The lowest BCUT2D eigenvalue weighted by Crippen LogP contribution is -2.18. The predicted octanol–water partition coefficient (Wildman–Crippen LogP) is 2.23. The average Bonchev–Trinajstić information content (AvgIpc) is 2.34. The normalized spacial score (nSPS) is 12.1. The second kappa shape index (κ2) is 7.41. The highest BCUT2D eigenvalue weighted by Crippen LogP contribution is 2.11. The number of halogens is 1. The van der Waals surface area contributed by atoms with Crippen LogP contribution in [0.4, 0.5) is 0 Å². The van der Waals surface area contributed by atoms with E-state index in [-0.39, 0.29) is 10.8 Å². The van der Waals surface area contributed by atoms with Crippen molar-refractivity contribution in [1.82, 2.24) is 0 Å². The maximum absolute atomic E-state index is 11.5. The topological polar surface area (TPSA) is 52.3 Å². The zero-order chi connectivity index (χ0) is 11.8. The van der Waals surface area contributed by atoms with E-state index >= 15 is 0 Å². The molecular formula is C12H16BrNO2. The molecule has 0 radical (unpaired) electrons. The second-order valence-electron chi connectivity index (χ2n) is 3.49. The first kappa shape index (κ1) is 13.2. The first-order chi connectivity index (χ1) is 7.74. The molecule has 0 spiro atoms. The van der Waals surface area contributed by atoms with E-state index in [1.807, 2.05) is 30.3 Å². The van der Waals surface area contributed by atoms with Gasteiger partial charge in [-0.1, -0.05) is 46.3 Å². The van der Waals surface area contributed by atoms with E-state index in [1.54, 1.807) is 0 Å². The molecule has 16 heavy (non-hydrogen) atoms. The van der Waals surface area contributed by atoms with Gasteiger partial charge in [-0.05, 0) is 24.9 Å². The number of rotatable bonds is 6. The van der Waals surface area contributed by atoms with Gasteiger partial charge in [-0.3, -0.25) is 4.79 Å². The minimum atomic E-state index is -0.250. The number of carbonyl (C=O) groups is 1. The predicted molar refractivity (Wildman–Crippen MR) is 67.2 cm³/mol. The van der Waals surface area contributed by atoms with Crippen LogP contribution in [0.15, 0.2) is 30.3 Å². The SMILES string of the molecule is NCCCC(Br)C(=O)OCc1ccccc1. The molecule has 4 heteroatoms. The van der Waals surface area contributed by atoms with Gasteiger partial charge >= 0.3 is 5.97 Å². The third-order valence-corrected chi connectivity index (χ3v) is 2.97. The van der Waals surface area contributed by atoms with Gasteiger partial charge in [-0.25, -0.2) is 0 Å². The summed E-state index contributed by atoms with van der Waals surface area (Å²) in [5, 5.41) is 0. The third kappa shape index (κ3) is 4.77. The van der Waals surface area contributed by atoms with Gasteiger partial charge in [0.15, 0.2) is 0 Å². The van der Waals surface area contributed by atoms with Crippen molar-refractivity contribution >= 4 is 21.9 Å². The smallest absolute Gasteiger partial charge is 0.320 e. The molecule has 2 N–H and O–H groups in total. The Morgan fingerprint density at radius 3 is 2.69 bits per heavy atom. The van der Waals surface area contributed by atoms with E-state index < -0.39 is 0 Å². The van der Waals surface area contributed by atoms with Gasteiger partial charge in [0, 0.05) is 0 Å². The van der Waals surface area contributed by atoms with Crippen LogP contribution in [0, 0.1) is 0 Å². The molecule has 0 bridgehead atoms. The van der Waals surface area contributed by atoms with E-state index in [0.29, 0.717) is 19.6 Å². The first-order valence-electron chi connectivity index (χ1n) is 5.28. The number of hydrogen-bond acceptors (Lipinski definition) is 3. The number of ether oxygens (including phenoxy) is 1. The van der Waals surface area contributed by atoms with Crippen LogP contribution in [-0.2, 0) is 16.1 Å². The summed E-state index contributed by atoms with van der Waals surface area (Å²) in [6, 6.07) is 9.62. The number of esters is 1. The summed E-state index contributed by atoms with van der Waals surface area (Å²) in [4.78, 5) is 11.3. The van der Waals surface area contributed by atoms with Crippen molar-refractivity contribution < 1.29 is 9.53 Å². The van der Waals surface area contributed by atoms with Crippen molar-refractivity contribution in [2.45, 2.75) is 24.3 Å². The number of carbonyl (C=O) groups excluding carboxylic acids is 1. The van der Waals surface area contributed by atoms with Crippen molar-refractivity contribution in [2.24, 2.45) is 5.73 Å². The van der Waals surface area contributed by atoms with Crippen LogP contribution in [0.25, 0.3) is 0 Å². The van der Waals surface area contributed by atoms with Gasteiger partial charge in [0.2, 0.25) is 0 Å². The highest BCUT2D eigenvalue weighted by atomic mass is 79.9. The van der Waals surface area contributed by atoms with Crippen molar-refractivity contribution in [1.29, 1.82) is 0 Å². The summed E-state index contributed by atoms with van der Waals surface area (Å²) >= 11 is 3.29. The quantitative estimate of drug-likeness (QED) is 0.644. The van der Waals surface area contributed by atoms with Gasteiger partial charge in [0.25, 0.3) is 0 Å².